The van der Waals surface area contributed by atoms with Crippen LogP contribution in [0.15, 0.2) is 12.1 Å². The van der Waals surface area contributed by atoms with Gasteiger partial charge in [0.25, 0.3) is 0 Å². The molecule has 0 radical (unpaired) electrons. The predicted octanol–water partition coefficient (Wildman–Crippen LogP) is 2.48. The predicted molar refractivity (Wildman–Crippen MR) is 50.9 cm³/mol. The van der Waals surface area contributed by atoms with Crippen molar-refractivity contribution in [3.8, 4) is 0 Å². The van der Waals surface area contributed by atoms with E-state index in [0.717, 1.165) is 25.0 Å². The third-order valence-corrected chi connectivity index (χ3v) is 3.22. The average molecular weight is 215 g/mol. The number of hydrogen-bond acceptors (Lipinski definition) is 1. The first kappa shape index (κ1) is 10.5. The molecule has 0 amide bonds. The first-order valence-corrected chi connectivity index (χ1v) is 4.88. The van der Waals surface area contributed by atoms with Crippen LogP contribution in [0.1, 0.15) is 25.3 Å². The van der Waals surface area contributed by atoms with Crippen molar-refractivity contribution in [2.75, 3.05) is 0 Å². The zero-order chi connectivity index (χ0) is 11.2. The smallest absolute Gasteiger partial charge is 0.194 e. The van der Waals surface area contributed by atoms with E-state index >= 15 is 0 Å². The quantitative estimate of drug-likeness (QED) is 0.753. The van der Waals surface area contributed by atoms with Crippen molar-refractivity contribution in [2.45, 2.75) is 31.2 Å². The van der Waals surface area contributed by atoms with Crippen LogP contribution in [0, 0.1) is 17.5 Å². The molecule has 1 aliphatic rings. The lowest BCUT2D eigenvalue weighted by Crippen LogP contribution is -2.31. The normalized spacial score (nSPS) is 20.1. The van der Waals surface area contributed by atoms with Gasteiger partial charge >= 0.3 is 0 Å². The zero-order valence-corrected chi connectivity index (χ0v) is 8.36. The molecule has 0 aliphatic heterocycles. The fourth-order valence-corrected chi connectivity index (χ4v) is 1.98. The van der Waals surface area contributed by atoms with E-state index in [1.807, 2.05) is 0 Å². The van der Waals surface area contributed by atoms with Crippen LogP contribution in [0.4, 0.5) is 13.2 Å². The van der Waals surface area contributed by atoms with Crippen molar-refractivity contribution in [1.82, 2.24) is 0 Å². The van der Waals surface area contributed by atoms with Gasteiger partial charge in [-0.15, -0.1) is 0 Å². The number of halogens is 3. The Morgan fingerprint density at radius 3 is 2.00 bits per heavy atom. The van der Waals surface area contributed by atoms with E-state index in [4.69, 9.17) is 5.73 Å². The molecule has 1 aliphatic carbocycles. The highest BCUT2D eigenvalue weighted by molar-refractivity contribution is 5.34. The van der Waals surface area contributed by atoms with E-state index in [2.05, 4.69) is 0 Å². The second kappa shape index (κ2) is 3.23. The minimum atomic E-state index is -1.42. The summed E-state index contributed by atoms with van der Waals surface area (Å²) in [7, 11) is 0. The highest BCUT2D eigenvalue weighted by atomic mass is 19.2. The molecule has 1 saturated carbocycles. The SMILES string of the molecule is CC(N)C1(c2cc(F)c(F)c(F)c2)CC1. The summed E-state index contributed by atoms with van der Waals surface area (Å²) in [6.07, 6.45) is 1.60. The first-order valence-electron chi connectivity index (χ1n) is 4.88. The van der Waals surface area contributed by atoms with Gasteiger partial charge in [0, 0.05) is 11.5 Å². The first-order chi connectivity index (χ1) is 6.97. The topological polar surface area (TPSA) is 26.0 Å². The Labute approximate surface area is 86.1 Å². The Hall–Kier alpha value is -1.03. The second-order valence-corrected chi connectivity index (χ2v) is 4.20. The highest BCUT2D eigenvalue weighted by Crippen LogP contribution is 2.50. The van der Waals surface area contributed by atoms with Crippen LogP contribution < -0.4 is 5.73 Å². The van der Waals surface area contributed by atoms with Gasteiger partial charge < -0.3 is 5.73 Å². The van der Waals surface area contributed by atoms with E-state index in [1.54, 1.807) is 6.92 Å². The molecule has 0 bridgehead atoms. The average Bonchev–Trinajstić information content (AvgIpc) is 2.93. The standard InChI is InChI=1S/C11H12F3N/c1-6(15)11(2-3-11)7-4-8(12)10(14)9(13)5-7/h4-6H,2-3,15H2,1H3. The molecule has 4 heteroatoms. The van der Waals surface area contributed by atoms with Crippen molar-refractivity contribution >= 4 is 0 Å². The van der Waals surface area contributed by atoms with Crippen LogP contribution in [0.25, 0.3) is 0 Å². The van der Waals surface area contributed by atoms with E-state index < -0.39 is 17.5 Å². The summed E-state index contributed by atoms with van der Waals surface area (Å²) in [4.78, 5) is 0. The highest BCUT2D eigenvalue weighted by Gasteiger charge is 2.48. The summed E-state index contributed by atoms with van der Waals surface area (Å²) < 4.78 is 38.8. The number of nitrogens with two attached hydrogens (primary N) is 1. The van der Waals surface area contributed by atoms with Gasteiger partial charge in [-0.3, -0.25) is 0 Å². The summed E-state index contributed by atoms with van der Waals surface area (Å²) in [5.41, 5.74) is 5.88. The van der Waals surface area contributed by atoms with Gasteiger partial charge in [-0.1, -0.05) is 0 Å². The van der Waals surface area contributed by atoms with E-state index in [0.29, 0.717) is 5.56 Å². The Kier molecular flexibility index (Phi) is 2.26. The van der Waals surface area contributed by atoms with Crippen LogP contribution in [0.2, 0.25) is 0 Å². The monoisotopic (exact) mass is 215 g/mol. The summed E-state index contributed by atoms with van der Waals surface area (Å²) >= 11 is 0. The van der Waals surface area contributed by atoms with Crippen molar-refractivity contribution in [3.63, 3.8) is 0 Å². The minimum absolute atomic E-state index is 0.179. The molecule has 2 N–H and O–H groups in total. The van der Waals surface area contributed by atoms with Gasteiger partial charge in [0.15, 0.2) is 17.5 Å². The number of rotatable bonds is 2. The van der Waals surface area contributed by atoms with Gasteiger partial charge in [0.1, 0.15) is 0 Å². The molecule has 1 atom stereocenters. The zero-order valence-electron chi connectivity index (χ0n) is 8.36. The molecule has 0 aromatic heterocycles. The fourth-order valence-electron chi connectivity index (χ4n) is 1.98. The van der Waals surface area contributed by atoms with Crippen LogP contribution in [0.3, 0.4) is 0 Å². The van der Waals surface area contributed by atoms with Crippen LogP contribution >= 0.6 is 0 Å². The lowest BCUT2D eigenvalue weighted by atomic mass is 9.89. The molecular weight excluding hydrogens is 203 g/mol. The lowest BCUT2D eigenvalue weighted by molar-refractivity contribution is 0.439. The molecule has 1 aromatic rings. The van der Waals surface area contributed by atoms with E-state index in [9.17, 15) is 13.2 Å². The van der Waals surface area contributed by atoms with Gasteiger partial charge in [-0.25, -0.2) is 13.2 Å². The molecule has 1 unspecified atom stereocenters. The molecule has 0 heterocycles. The number of hydrogen-bond donors (Lipinski definition) is 1. The van der Waals surface area contributed by atoms with Crippen molar-refractivity contribution < 1.29 is 13.2 Å². The molecule has 0 saturated heterocycles. The van der Waals surface area contributed by atoms with E-state index in [-0.39, 0.29) is 11.5 Å². The molecule has 0 spiro atoms. The molecule has 2 rings (SSSR count). The van der Waals surface area contributed by atoms with Crippen LogP contribution in [0.5, 0.6) is 0 Å². The third-order valence-electron chi connectivity index (χ3n) is 3.22. The molecule has 1 aromatic carbocycles. The van der Waals surface area contributed by atoms with Gasteiger partial charge in [-0.05, 0) is 37.5 Å². The van der Waals surface area contributed by atoms with Crippen LogP contribution in [-0.2, 0) is 5.41 Å². The maximum absolute atomic E-state index is 13.0. The minimum Gasteiger partial charge on any atom is -0.327 e. The van der Waals surface area contributed by atoms with Crippen molar-refractivity contribution in [2.24, 2.45) is 5.73 Å². The number of benzene rings is 1. The summed E-state index contributed by atoms with van der Waals surface area (Å²) in [6.45, 7) is 1.80. The maximum Gasteiger partial charge on any atom is 0.194 e. The molecule has 1 nitrogen and oxygen atoms in total. The largest absolute Gasteiger partial charge is 0.327 e. The Balaban J connectivity index is 2.47. The van der Waals surface area contributed by atoms with E-state index in [1.165, 1.54) is 0 Å². The lowest BCUT2D eigenvalue weighted by Gasteiger charge is -2.20. The summed E-state index contributed by atoms with van der Waals surface area (Å²) in [6, 6.07) is 1.92. The Morgan fingerprint density at radius 2 is 1.67 bits per heavy atom. The maximum atomic E-state index is 13.0. The molecular formula is C11H12F3N. The molecule has 15 heavy (non-hydrogen) atoms. The van der Waals surface area contributed by atoms with Gasteiger partial charge in [0.2, 0.25) is 0 Å². The Morgan fingerprint density at radius 1 is 1.20 bits per heavy atom. The molecule has 1 fully saturated rings. The van der Waals surface area contributed by atoms with Crippen molar-refractivity contribution in [3.05, 3.63) is 35.1 Å². The third kappa shape index (κ3) is 1.53. The fraction of sp³-hybridized carbons (Fsp3) is 0.455. The Bertz CT molecular complexity index is 374. The summed E-state index contributed by atoms with van der Waals surface area (Å²) in [5, 5.41) is 0. The van der Waals surface area contributed by atoms with Crippen molar-refractivity contribution in [1.29, 1.82) is 0 Å². The van der Waals surface area contributed by atoms with Gasteiger partial charge in [-0.2, -0.15) is 0 Å². The van der Waals surface area contributed by atoms with Gasteiger partial charge in [0.05, 0.1) is 0 Å². The summed E-state index contributed by atoms with van der Waals surface area (Å²) in [5.74, 6) is -3.70. The molecule has 82 valence electrons. The second-order valence-electron chi connectivity index (χ2n) is 4.20. The van der Waals surface area contributed by atoms with Crippen LogP contribution in [-0.4, -0.2) is 6.04 Å².